The van der Waals surface area contributed by atoms with Gasteiger partial charge in [-0.3, -0.25) is 10.3 Å². The SMILES string of the molecule is Cc1ccc(CCNC(=O)Nc2nnc(-c3ccsc3)s2)cn1. The number of hydrogen-bond acceptors (Lipinski definition) is 6. The molecule has 0 atom stereocenters. The molecule has 0 unspecified atom stereocenters. The third kappa shape index (κ3) is 4.33. The Morgan fingerprint density at radius 3 is 2.91 bits per heavy atom. The molecule has 0 radical (unpaired) electrons. The van der Waals surface area contributed by atoms with Gasteiger partial charge in [-0.05, 0) is 36.4 Å². The second-order valence-corrected chi connectivity index (χ2v) is 6.62. The number of carbonyl (C=O) groups is 1. The lowest BCUT2D eigenvalue weighted by Gasteiger charge is -2.05. The van der Waals surface area contributed by atoms with E-state index >= 15 is 0 Å². The highest BCUT2D eigenvalue weighted by Gasteiger charge is 2.09. The first-order valence-corrected chi connectivity index (χ1v) is 8.79. The van der Waals surface area contributed by atoms with Crippen molar-refractivity contribution in [2.45, 2.75) is 13.3 Å². The topological polar surface area (TPSA) is 79.8 Å². The summed E-state index contributed by atoms with van der Waals surface area (Å²) in [6.07, 6.45) is 2.56. The third-order valence-corrected chi connectivity index (χ3v) is 4.66. The second-order valence-electron chi connectivity index (χ2n) is 4.86. The molecule has 2 amide bonds. The van der Waals surface area contributed by atoms with Crippen molar-refractivity contribution in [2.75, 3.05) is 11.9 Å². The van der Waals surface area contributed by atoms with Crippen molar-refractivity contribution in [3.63, 3.8) is 0 Å². The molecule has 0 aliphatic rings. The predicted molar refractivity (Wildman–Crippen MR) is 92.9 cm³/mol. The fourth-order valence-corrected chi connectivity index (χ4v) is 3.33. The van der Waals surface area contributed by atoms with Crippen LogP contribution in [0.1, 0.15) is 11.3 Å². The third-order valence-electron chi connectivity index (χ3n) is 3.09. The zero-order chi connectivity index (χ0) is 16.1. The zero-order valence-corrected chi connectivity index (χ0v) is 14.1. The molecule has 0 fully saturated rings. The number of thiophene rings is 1. The number of nitrogens with zero attached hydrogens (tertiary/aromatic N) is 3. The number of urea groups is 1. The van der Waals surface area contributed by atoms with Crippen LogP contribution in [-0.4, -0.2) is 27.8 Å². The van der Waals surface area contributed by atoms with E-state index in [1.165, 1.54) is 11.3 Å². The number of amides is 2. The molecular formula is C15H15N5OS2. The predicted octanol–water partition coefficient (Wildman–Crippen LogP) is 3.33. The Bertz CT molecular complexity index is 768. The number of nitrogens with one attached hydrogen (secondary N) is 2. The van der Waals surface area contributed by atoms with Gasteiger partial charge in [0.15, 0.2) is 0 Å². The van der Waals surface area contributed by atoms with Crippen LogP contribution in [0.5, 0.6) is 0 Å². The minimum Gasteiger partial charge on any atom is -0.337 e. The summed E-state index contributed by atoms with van der Waals surface area (Å²) in [6.45, 7) is 2.48. The maximum Gasteiger partial charge on any atom is 0.321 e. The minimum absolute atomic E-state index is 0.280. The summed E-state index contributed by atoms with van der Waals surface area (Å²) < 4.78 is 0. The summed E-state index contributed by atoms with van der Waals surface area (Å²) in [6, 6.07) is 5.67. The first kappa shape index (κ1) is 15.6. The van der Waals surface area contributed by atoms with Crippen LogP contribution in [0.3, 0.4) is 0 Å². The van der Waals surface area contributed by atoms with Crippen LogP contribution < -0.4 is 10.6 Å². The number of aromatic nitrogens is 3. The number of aryl methyl sites for hydroxylation is 1. The van der Waals surface area contributed by atoms with E-state index in [-0.39, 0.29) is 6.03 Å². The Morgan fingerprint density at radius 1 is 1.26 bits per heavy atom. The van der Waals surface area contributed by atoms with E-state index in [0.29, 0.717) is 11.7 Å². The summed E-state index contributed by atoms with van der Waals surface area (Å²) in [7, 11) is 0. The van der Waals surface area contributed by atoms with Crippen LogP contribution in [0, 0.1) is 6.92 Å². The maximum absolute atomic E-state index is 11.9. The van der Waals surface area contributed by atoms with E-state index in [9.17, 15) is 4.79 Å². The first-order valence-electron chi connectivity index (χ1n) is 7.03. The molecule has 23 heavy (non-hydrogen) atoms. The number of rotatable bonds is 5. The van der Waals surface area contributed by atoms with Crippen LogP contribution >= 0.6 is 22.7 Å². The zero-order valence-electron chi connectivity index (χ0n) is 12.4. The highest BCUT2D eigenvalue weighted by atomic mass is 32.1. The van der Waals surface area contributed by atoms with Gasteiger partial charge in [0, 0.05) is 29.4 Å². The van der Waals surface area contributed by atoms with Gasteiger partial charge >= 0.3 is 6.03 Å². The molecule has 0 saturated carbocycles. The molecule has 3 rings (SSSR count). The van der Waals surface area contributed by atoms with Crippen molar-refractivity contribution in [2.24, 2.45) is 0 Å². The Labute approximate surface area is 141 Å². The van der Waals surface area contributed by atoms with Gasteiger partial charge in [0.2, 0.25) is 5.13 Å². The molecule has 0 saturated heterocycles. The van der Waals surface area contributed by atoms with Crippen LogP contribution in [0.15, 0.2) is 35.2 Å². The molecule has 0 bridgehead atoms. The van der Waals surface area contributed by atoms with E-state index in [0.717, 1.165) is 28.2 Å². The molecule has 0 aromatic carbocycles. The molecule has 0 aliphatic heterocycles. The first-order chi connectivity index (χ1) is 11.2. The molecule has 6 nitrogen and oxygen atoms in total. The second kappa shape index (κ2) is 7.30. The van der Waals surface area contributed by atoms with Crippen LogP contribution in [0.2, 0.25) is 0 Å². The maximum atomic E-state index is 11.9. The summed E-state index contributed by atoms with van der Waals surface area (Å²) in [5.41, 5.74) is 3.09. The number of carbonyl (C=O) groups excluding carboxylic acids is 1. The molecule has 0 aliphatic carbocycles. The van der Waals surface area contributed by atoms with Crippen LogP contribution in [0.25, 0.3) is 10.6 Å². The molecule has 118 valence electrons. The Hall–Kier alpha value is -2.32. The normalized spacial score (nSPS) is 10.5. The van der Waals surface area contributed by atoms with E-state index in [1.54, 1.807) is 11.3 Å². The molecule has 3 aromatic heterocycles. The smallest absolute Gasteiger partial charge is 0.321 e. The Morgan fingerprint density at radius 2 is 2.17 bits per heavy atom. The average Bonchev–Trinajstić information content (AvgIpc) is 3.20. The highest BCUT2D eigenvalue weighted by Crippen LogP contribution is 2.27. The fraction of sp³-hybridized carbons (Fsp3) is 0.200. The lowest BCUT2D eigenvalue weighted by Crippen LogP contribution is -2.30. The van der Waals surface area contributed by atoms with Gasteiger partial charge in [-0.15, -0.1) is 10.2 Å². The van der Waals surface area contributed by atoms with Gasteiger partial charge < -0.3 is 5.32 Å². The molecule has 8 heteroatoms. The Balaban J connectivity index is 1.47. The van der Waals surface area contributed by atoms with Crippen molar-refractivity contribution < 1.29 is 4.79 Å². The summed E-state index contributed by atoms with van der Waals surface area (Å²) in [5.74, 6) is 0. The van der Waals surface area contributed by atoms with Crippen molar-refractivity contribution in [1.29, 1.82) is 0 Å². The fourth-order valence-electron chi connectivity index (χ4n) is 1.88. The van der Waals surface area contributed by atoms with Crippen molar-refractivity contribution in [3.05, 3.63) is 46.4 Å². The Kier molecular flexibility index (Phi) is 4.94. The van der Waals surface area contributed by atoms with E-state index in [1.807, 2.05) is 42.1 Å². The summed E-state index contributed by atoms with van der Waals surface area (Å²) in [4.78, 5) is 16.1. The summed E-state index contributed by atoms with van der Waals surface area (Å²) in [5, 5.41) is 18.8. The largest absolute Gasteiger partial charge is 0.337 e. The van der Waals surface area contributed by atoms with Gasteiger partial charge in [-0.25, -0.2) is 4.79 Å². The van der Waals surface area contributed by atoms with Crippen molar-refractivity contribution in [3.8, 4) is 10.6 Å². The van der Waals surface area contributed by atoms with Gasteiger partial charge in [-0.1, -0.05) is 17.4 Å². The monoisotopic (exact) mass is 345 g/mol. The minimum atomic E-state index is -0.280. The summed E-state index contributed by atoms with van der Waals surface area (Å²) >= 11 is 2.95. The molecular weight excluding hydrogens is 330 g/mol. The van der Waals surface area contributed by atoms with Crippen LogP contribution in [0.4, 0.5) is 9.93 Å². The van der Waals surface area contributed by atoms with Gasteiger partial charge in [-0.2, -0.15) is 11.3 Å². The van der Waals surface area contributed by atoms with Crippen molar-refractivity contribution >= 4 is 33.8 Å². The number of anilines is 1. The average molecular weight is 345 g/mol. The molecule has 3 aromatic rings. The quantitative estimate of drug-likeness (QED) is 0.743. The number of pyridine rings is 1. The van der Waals surface area contributed by atoms with Gasteiger partial charge in [0.05, 0.1) is 0 Å². The van der Waals surface area contributed by atoms with Gasteiger partial charge in [0.1, 0.15) is 5.01 Å². The number of hydrogen-bond donors (Lipinski definition) is 2. The molecule has 3 heterocycles. The van der Waals surface area contributed by atoms with Gasteiger partial charge in [0.25, 0.3) is 0 Å². The van der Waals surface area contributed by atoms with E-state index in [4.69, 9.17) is 0 Å². The van der Waals surface area contributed by atoms with E-state index in [2.05, 4.69) is 25.8 Å². The van der Waals surface area contributed by atoms with Crippen LogP contribution in [-0.2, 0) is 6.42 Å². The lowest BCUT2D eigenvalue weighted by atomic mass is 10.2. The highest BCUT2D eigenvalue weighted by molar-refractivity contribution is 7.19. The van der Waals surface area contributed by atoms with E-state index < -0.39 is 0 Å². The standard InChI is InChI=1S/C15H15N5OS2/c1-10-2-3-11(8-17-10)4-6-16-14(21)18-15-20-19-13(23-15)12-5-7-22-9-12/h2-3,5,7-9H,4,6H2,1H3,(H2,16,18,20,21). The van der Waals surface area contributed by atoms with Crippen molar-refractivity contribution in [1.82, 2.24) is 20.5 Å². The molecule has 0 spiro atoms. The lowest BCUT2D eigenvalue weighted by molar-refractivity contribution is 0.252. The molecule has 2 N–H and O–H groups in total.